The fourth-order valence-electron chi connectivity index (χ4n) is 2.95. The number of halogens is 2. The zero-order valence-electron chi connectivity index (χ0n) is 16.5. The molecule has 0 aliphatic carbocycles. The van der Waals surface area contributed by atoms with E-state index in [9.17, 15) is 13.2 Å². The lowest BCUT2D eigenvalue weighted by Crippen LogP contribution is -2.14. The smallest absolute Gasteiger partial charge is 0.262 e. The van der Waals surface area contributed by atoms with E-state index in [-0.39, 0.29) is 10.8 Å². The summed E-state index contributed by atoms with van der Waals surface area (Å²) in [6, 6.07) is 11.1. The lowest BCUT2D eigenvalue weighted by molar-refractivity contribution is -0.114. The van der Waals surface area contributed by atoms with Gasteiger partial charge in [-0.1, -0.05) is 29.3 Å². The minimum atomic E-state index is -3.85. The quantitative estimate of drug-likeness (QED) is 0.554. The summed E-state index contributed by atoms with van der Waals surface area (Å²) < 4.78 is 29.9. The highest BCUT2D eigenvalue weighted by molar-refractivity contribution is 7.92. The van der Waals surface area contributed by atoms with Crippen LogP contribution < -0.4 is 10.0 Å². The van der Waals surface area contributed by atoms with Crippen LogP contribution in [-0.4, -0.2) is 24.1 Å². The van der Waals surface area contributed by atoms with Crippen molar-refractivity contribution >= 4 is 50.5 Å². The molecule has 0 aliphatic heterocycles. The summed E-state index contributed by atoms with van der Waals surface area (Å²) in [5.74, 6) is -0.235. The van der Waals surface area contributed by atoms with Crippen molar-refractivity contribution in [1.82, 2.24) is 9.78 Å². The molecule has 10 heteroatoms. The number of carbonyl (C=O) groups excluding carboxylic acids is 1. The van der Waals surface area contributed by atoms with Crippen LogP contribution in [0.4, 0.5) is 11.4 Å². The second-order valence-electron chi connectivity index (χ2n) is 6.71. The Morgan fingerprint density at radius 2 is 1.67 bits per heavy atom. The first-order chi connectivity index (χ1) is 14.1. The van der Waals surface area contributed by atoms with E-state index >= 15 is 0 Å². The van der Waals surface area contributed by atoms with Crippen LogP contribution in [0, 0.1) is 13.8 Å². The molecule has 0 saturated carbocycles. The van der Waals surface area contributed by atoms with E-state index in [1.165, 1.54) is 31.2 Å². The minimum absolute atomic E-state index is 0.0669. The zero-order valence-corrected chi connectivity index (χ0v) is 18.9. The number of nitrogens with one attached hydrogen (secondary N) is 2. The molecule has 0 aliphatic rings. The Bertz CT molecular complexity index is 1190. The van der Waals surface area contributed by atoms with Gasteiger partial charge in [0.25, 0.3) is 10.0 Å². The van der Waals surface area contributed by atoms with Crippen molar-refractivity contribution in [3.05, 3.63) is 69.5 Å². The number of nitrogens with zero attached hydrogens (tertiary/aromatic N) is 2. The molecule has 0 spiro atoms. The van der Waals surface area contributed by atoms with Crippen molar-refractivity contribution in [1.29, 1.82) is 0 Å². The minimum Gasteiger partial charge on any atom is -0.326 e. The topological polar surface area (TPSA) is 93.1 Å². The summed E-state index contributed by atoms with van der Waals surface area (Å²) in [5.41, 5.74) is 2.76. The Kier molecular flexibility index (Phi) is 6.40. The summed E-state index contributed by atoms with van der Waals surface area (Å²) in [7, 11) is -3.85. The highest BCUT2D eigenvalue weighted by atomic mass is 35.5. The average molecular weight is 467 g/mol. The van der Waals surface area contributed by atoms with Gasteiger partial charge in [0.2, 0.25) is 5.91 Å². The number of benzene rings is 2. The van der Waals surface area contributed by atoms with Gasteiger partial charge >= 0.3 is 0 Å². The third-order valence-corrected chi connectivity index (χ3v) is 6.55. The maximum Gasteiger partial charge on any atom is 0.262 e. The first-order valence-corrected chi connectivity index (χ1v) is 11.2. The summed E-state index contributed by atoms with van der Waals surface area (Å²) in [6.45, 7) is 5.17. The van der Waals surface area contributed by atoms with Crippen LogP contribution in [0.2, 0.25) is 10.0 Å². The van der Waals surface area contributed by atoms with Crippen molar-refractivity contribution in [2.45, 2.75) is 32.2 Å². The van der Waals surface area contributed by atoms with E-state index in [4.69, 9.17) is 23.2 Å². The second-order valence-corrected chi connectivity index (χ2v) is 9.21. The Hall–Kier alpha value is -2.55. The van der Waals surface area contributed by atoms with Crippen LogP contribution in [0.25, 0.3) is 0 Å². The van der Waals surface area contributed by atoms with Gasteiger partial charge < -0.3 is 5.32 Å². The highest BCUT2D eigenvalue weighted by Gasteiger charge is 2.21. The van der Waals surface area contributed by atoms with Gasteiger partial charge in [-0.2, -0.15) is 5.10 Å². The Labute approximate surface area is 185 Å². The average Bonchev–Trinajstić information content (AvgIpc) is 2.92. The molecule has 0 unspecified atom stereocenters. The first kappa shape index (κ1) is 22.1. The van der Waals surface area contributed by atoms with Gasteiger partial charge in [0, 0.05) is 28.2 Å². The van der Waals surface area contributed by atoms with Crippen LogP contribution in [0.15, 0.2) is 47.4 Å². The van der Waals surface area contributed by atoms with Crippen molar-refractivity contribution in [2.24, 2.45) is 0 Å². The highest BCUT2D eigenvalue weighted by Crippen LogP contribution is 2.28. The first-order valence-electron chi connectivity index (χ1n) is 8.96. The van der Waals surface area contributed by atoms with Crippen LogP contribution in [0.1, 0.15) is 23.9 Å². The van der Waals surface area contributed by atoms with E-state index < -0.39 is 10.0 Å². The molecular formula is C20H20Cl2N4O3S. The van der Waals surface area contributed by atoms with Gasteiger partial charge in [-0.15, -0.1) is 0 Å². The molecule has 0 bridgehead atoms. The number of amides is 1. The normalized spacial score (nSPS) is 11.4. The standard InChI is InChI=1S/C20H20Cl2N4O3S/c1-12-20(13(2)26(24-12)11-17-18(21)5-4-6-19(17)22)25-30(28,29)16-9-7-15(8-10-16)23-14(3)27/h4-10,25H,11H2,1-3H3,(H,23,27). The van der Waals surface area contributed by atoms with E-state index in [0.29, 0.717) is 44.9 Å². The molecule has 3 rings (SSSR count). The fraction of sp³-hybridized carbons (Fsp3) is 0.200. The van der Waals surface area contributed by atoms with Gasteiger partial charge in [0.05, 0.1) is 28.5 Å². The van der Waals surface area contributed by atoms with Gasteiger partial charge in [-0.3, -0.25) is 14.2 Å². The molecule has 30 heavy (non-hydrogen) atoms. The Morgan fingerprint density at radius 1 is 1.07 bits per heavy atom. The van der Waals surface area contributed by atoms with E-state index in [1.54, 1.807) is 36.7 Å². The summed E-state index contributed by atoms with van der Waals surface area (Å²) in [4.78, 5) is 11.2. The predicted molar refractivity (Wildman–Crippen MR) is 119 cm³/mol. The molecule has 0 atom stereocenters. The van der Waals surface area contributed by atoms with Crippen LogP contribution in [0.3, 0.4) is 0 Å². The number of rotatable bonds is 6. The van der Waals surface area contributed by atoms with E-state index in [2.05, 4.69) is 15.1 Å². The maximum atomic E-state index is 12.8. The van der Waals surface area contributed by atoms with Gasteiger partial charge in [0.1, 0.15) is 0 Å². The van der Waals surface area contributed by atoms with Crippen LogP contribution in [-0.2, 0) is 21.4 Å². The second kappa shape index (κ2) is 8.67. The summed E-state index contributed by atoms with van der Waals surface area (Å²) in [5, 5.41) is 8.06. The van der Waals surface area contributed by atoms with Gasteiger partial charge in [-0.25, -0.2) is 8.42 Å². The van der Waals surface area contributed by atoms with Crippen molar-refractivity contribution < 1.29 is 13.2 Å². The van der Waals surface area contributed by atoms with E-state index in [0.717, 1.165) is 0 Å². The SMILES string of the molecule is CC(=O)Nc1ccc(S(=O)(=O)Nc2c(C)nn(Cc3c(Cl)cccc3Cl)c2C)cc1. The number of sulfonamides is 1. The van der Waals surface area contributed by atoms with Crippen molar-refractivity contribution in [3.63, 3.8) is 0 Å². The molecule has 1 heterocycles. The molecule has 0 radical (unpaired) electrons. The molecule has 1 aromatic heterocycles. The summed E-state index contributed by atoms with van der Waals surface area (Å²) >= 11 is 12.5. The number of hydrogen-bond acceptors (Lipinski definition) is 4. The third kappa shape index (κ3) is 4.77. The number of carbonyl (C=O) groups is 1. The number of aromatic nitrogens is 2. The van der Waals surface area contributed by atoms with Crippen molar-refractivity contribution in [2.75, 3.05) is 10.0 Å². The van der Waals surface area contributed by atoms with Crippen LogP contribution >= 0.6 is 23.2 Å². The molecule has 0 saturated heterocycles. The molecule has 2 N–H and O–H groups in total. The maximum absolute atomic E-state index is 12.8. The molecule has 1 amide bonds. The largest absolute Gasteiger partial charge is 0.326 e. The zero-order chi connectivity index (χ0) is 22.1. The number of hydrogen-bond donors (Lipinski definition) is 2. The Balaban J connectivity index is 1.87. The Morgan fingerprint density at radius 3 is 2.23 bits per heavy atom. The number of anilines is 2. The summed E-state index contributed by atoms with van der Waals surface area (Å²) in [6.07, 6.45) is 0. The van der Waals surface area contributed by atoms with E-state index in [1.807, 2.05) is 0 Å². The van der Waals surface area contributed by atoms with Crippen LogP contribution in [0.5, 0.6) is 0 Å². The molecule has 0 fully saturated rings. The monoisotopic (exact) mass is 466 g/mol. The lowest BCUT2D eigenvalue weighted by Gasteiger charge is -2.11. The lowest BCUT2D eigenvalue weighted by atomic mass is 10.2. The fourth-order valence-corrected chi connectivity index (χ4v) is 4.64. The molecule has 7 nitrogen and oxygen atoms in total. The number of aryl methyl sites for hydroxylation is 1. The molecular weight excluding hydrogens is 447 g/mol. The molecule has 2 aromatic carbocycles. The third-order valence-electron chi connectivity index (χ3n) is 4.47. The molecule has 158 valence electrons. The molecule has 3 aromatic rings. The van der Waals surface area contributed by atoms with Gasteiger partial charge in [-0.05, 0) is 50.2 Å². The predicted octanol–water partition coefficient (Wildman–Crippen LogP) is 4.61. The van der Waals surface area contributed by atoms with Crippen molar-refractivity contribution in [3.8, 4) is 0 Å². The van der Waals surface area contributed by atoms with Gasteiger partial charge in [0.15, 0.2) is 0 Å².